The number of unbranched alkanes of at least 4 members (excludes halogenated alkanes) is 23. The fourth-order valence-electron chi connectivity index (χ4n) is 10.2. The fraction of sp³-hybridized carbons (Fsp3) is 0.729. The lowest BCUT2D eigenvalue weighted by molar-refractivity contribution is -0.359. The molecule has 0 radical (unpaired) electrons. The Hall–Kier alpha value is -3.35. The summed E-state index contributed by atoms with van der Waals surface area (Å²) in [6.07, 6.45) is 59.8. The number of allylic oxidation sites excluding steroid dienone is 17. The quantitative estimate of drug-likeness (QED) is 0.0204. The van der Waals surface area contributed by atoms with E-state index in [1.807, 2.05) is 6.08 Å². The van der Waals surface area contributed by atoms with E-state index in [2.05, 4.69) is 116 Å². The van der Waals surface area contributed by atoms with Crippen LogP contribution in [0.1, 0.15) is 232 Å². The van der Waals surface area contributed by atoms with Gasteiger partial charge < -0.3 is 65.1 Å². The lowest BCUT2D eigenvalue weighted by Crippen LogP contribution is -2.65. The summed E-state index contributed by atoms with van der Waals surface area (Å²) >= 11 is 0. The maximum Gasteiger partial charge on any atom is 0.220 e. The van der Waals surface area contributed by atoms with Gasteiger partial charge in [0.1, 0.15) is 48.8 Å². The summed E-state index contributed by atoms with van der Waals surface area (Å²) in [7, 11) is 0. The van der Waals surface area contributed by atoms with Crippen LogP contribution in [0.3, 0.4) is 0 Å². The van der Waals surface area contributed by atoms with Gasteiger partial charge in [0, 0.05) is 6.42 Å². The maximum atomic E-state index is 13.3. The molecule has 14 nitrogen and oxygen atoms in total. The molecule has 0 aromatic carbocycles. The van der Waals surface area contributed by atoms with Crippen molar-refractivity contribution in [1.29, 1.82) is 0 Å². The van der Waals surface area contributed by atoms with Gasteiger partial charge in [-0.1, -0.05) is 245 Å². The van der Waals surface area contributed by atoms with Crippen molar-refractivity contribution >= 4 is 5.91 Å². The number of aliphatic hydroxyl groups is 8. The molecule has 482 valence electrons. The van der Waals surface area contributed by atoms with Crippen LogP contribution in [0.25, 0.3) is 0 Å². The Morgan fingerprint density at radius 1 is 0.440 bits per heavy atom. The molecule has 0 aliphatic carbocycles. The van der Waals surface area contributed by atoms with Crippen LogP contribution in [0.4, 0.5) is 0 Å². The summed E-state index contributed by atoms with van der Waals surface area (Å²) in [6.45, 7) is 2.66. The largest absolute Gasteiger partial charge is 0.394 e. The summed E-state index contributed by atoms with van der Waals surface area (Å²) in [4.78, 5) is 13.3. The molecule has 0 bridgehead atoms. The third-order valence-corrected chi connectivity index (χ3v) is 15.4. The van der Waals surface area contributed by atoms with Gasteiger partial charge in [0.2, 0.25) is 5.91 Å². The Kier molecular flexibility index (Phi) is 49.2. The number of carbonyl (C=O) groups is 1. The molecular weight excluding hydrogens is 1060 g/mol. The Morgan fingerprint density at radius 3 is 1.31 bits per heavy atom. The third kappa shape index (κ3) is 38.0. The van der Waals surface area contributed by atoms with E-state index in [-0.39, 0.29) is 18.9 Å². The topological polar surface area (TPSA) is 228 Å². The number of amides is 1. The van der Waals surface area contributed by atoms with Crippen LogP contribution in [0.2, 0.25) is 0 Å². The van der Waals surface area contributed by atoms with Crippen LogP contribution in [-0.2, 0) is 23.7 Å². The van der Waals surface area contributed by atoms with Gasteiger partial charge >= 0.3 is 0 Å². The van der Waals surface area contributed by atoms with E-state index >= 15 is 0 Å². The van der Waals surface area contributed by atoms with Crippen LogP contribution in [-0.4, -0.2) is 140 Å². The van der Waals surface area contributed by atoms with Gasteiger partial charge in [-0.05, 0) is 89.9 Å². The third-order valence-electron chi connectivity index (χ3n) is 15.4. The van der Waals surface area contributed by atoms with E-state index in [1.54, 1.807) is 6.08 Å². The van der Waals surface area contributed by atoms with Crippen molar-refractivity contribution in [2.24, 2.45) is 0 Å². The molecule has 0 aromatic heterocycles. The summed E-state index contributed by atoms with van der Waals surface area (Å²) in [6, 6.07) is -0.952. The van der Waals surface area contributed by atoms with Crippen molar-refractivity contribution in [3.63, 3.8) is 0 Å². The van der Waals surface area contributed by atoms with Crippen molar-refractivity contribution in [1.82, 2.24) is 5.32 Å². The number of rotatable bonds is 52. The number of aliphatic hydroxyl groups excluding tert-OH is 8. The van der Waals surface area contributed by atoms with Crippen molar-refractivity contribution in [3.8, 4) is 0 Å². The average molecular weight is 1180 g/mol. The lowest BCUT2D eigenvalue weighted by Gasteiger charge is -2.46. The molecule has 2 aliphatic rings. The second kappa shape index (κ2) is 53.9. The first-order valence-corrected chi connectivity index (χ1v) is 33.1. The zero-order valence-corrected chi connectivity index (χ0v) is 52.1. The van der Waals surface area contributed by atoms with Crippen molar-refractivity contribution in [3.05, 3.63) is 109 Å². The average Bonchev–Trinajstić information content (AvgIpc) is 3.62. The molecule has 2 aliphatic heterocycles. The Balaban J connectivity index is 1.76. The molecule has 0 saturated carbocycles. The fourth-order valence-corrected chi connectivity index (χ4v) is 10.2. The van der Waals surface area contributed by atoms with Crippen molar-refractivity contribution in [2.75, 3.05) is 19.8 Å². The highest BCUT2D eigenvalue weighted by Crippen LogP contribution is 2.30. The lowest BCUT2D eigenvalue weighted by atomic mass is 9.97. The number of hydrogen-bond acceptors (Lipinski definition) is 13. The highest BCUT2D eigenvalue weighted by molar-refractivity contribution is 5.76. The Bertz CT molecular complexity index is 1820. The van der Waals surface area contributed by atoms with Gasteiger partial charge in [-0.15, -0.1) is 0 Å². The molecule has 9 N–H and O–H groups in total. The molecule has 0 spiro atoms. The molecule has 2 fully saturated rings. The molecule has 2 saturated heterocycles. The molecule has 1 amide bonds. The van der Waals surface area contributed by atoms with E-state index in [0.717, 1.165) is 89.9 Å². The van der Waals surface area contributed by atoms with Crippen LogP contribution in [0.15, 0.2) is 109 Å². The minimum Gasteiger partial charge on any atom is -0.394 e. The van der Waals surface area contributed by atoms with Gasteiger partial charge in [0.25, 0.3) is 0 Å². The van der Waals surface area contributed by atoms with E-state index < -0.39 is 86.8 Å². The summed E-state index contributed by atoms with van der Waals surface area (Å²) < 4.78 is 22.8. The maximum absolute atomic E-state index is 13.3. The smallest absolute Gasteiger partial charge is 0.220 e. The minimum atomic E-state index is -1.80. The molecule has 2 rings (SSSR count). The van der Waals surface area contributed by atoms with E-state index in [1.165, 1.54) is 109 Å². The number of carbonyl (C=O) groups excluding carboxylic acids is 1. The van der Waals surface area contributed by atoms with E-state index in [0.29, 0.717) is 12.8 Å². The van der Waals surface area contributed by atoms with Gasteiger partial charge in [-0.25, -0.2) is 0 Å². The first-order chi connectivity index (χ1) is 41.1. The monoisotopic (exact) mass is 1180 g/mol. The van der Waals surface area contributed by atoms with Crippen molar-refractivity contribution < 1.29 is 64.6 Å². The molecular formula is C70H119NO13. The number of hydrogen-bond donors (Lipinski definition) is 9. The van der Waals surface area contributed by atoms with Crippen LogP contribution in [0.5, 0.6) is 0 Å². The standard InChI is InChI=1S/C70H119NO13/c1-3-5-7-9-11-13-15-17-19-21-23-25-27-28-29-30-32-34-36-38-40-42-44-46-48-50-52-54-62(75)71-58(57-81-69-67(80)65(78)68(61(56-73)83-69)84-70-66(79)64(77)63(76)60(55-72)82-70)59(74)53-51-49-47-45-43-41-39-37-35-33-31-26-24-22-20-18-16-14-12-10-8-6-4-2/h5,7,11,13,17,19,23,25,28-29,32,34,38,40,43,45,51,53,58-61,63-70,72-74,76-80H,3-4,6,8-10,12,14-16,18,20-22,24,26-27,30-31,33,35-37,39,41-42,44,46-50,52,54-57H2,1-2H3,(H,71,75)/b7-5-,13-11-,19-17-,25-23-,29-28-,34-32-,40-38-,45-43+,53-51+. The van der Waals surface area contributed by atoms with Crippen LogP contribution >= 0.6 is 0 Å². The second-order valence-corrected chi connectivity index (χ2v) is 22.9. The SMILES string of the molecule is CC/C=C\C/C=C\C/C=C\C/C=C\C/C=C\C/C=C\C/C=C\CCCCCCCC(=O)NC(COC1OC(CO)C(OC2OC(CO)C(O)C(O)C2O)C(O)C1O)C(O)/C=C/CC/C=C/CCCCCCCCCCCCCCCCCCC. The molecule has 0 aromatic rings. The molecule has 14 heteroatoms. The van der Waals surface area contributed by atoms with Gasteiger partial charge in [0.05, 0.1) is 32.0 Å². The zero-order valence-electron chi connectivity index (χ0n) is 52.1. The molecule has 12 unspecified atom stereocenters. The summed E-state index contributed by atoms with van der Waals surface area (Å²) in [5, 5.41) is 87.3. The zero-order chi connectivity index (χ0) is 60.9. The van der Waals surface area contributed by atoms with Gasteiger partial charge in [-0.3, -0.25) is 4.79 Å². The normalized spacial score (nSPS) is 24.4. The van der Waals surface area contributed by atoms with E-state index in [9.17, 15) is 45.6 Å². The number of ether oxygens (including phenoxy) is 4. The molecule has 2 heterocycles. The Labute approximate surface area is 508 Å². The Morgan fingerprint density at radius 2 is 0.833 bits per heavy atom. The number of nitrogens with one attached hydrogen (secondary N) is 1. The van der Waals surface area contributed by atoms with Gasteiger partial charge in [0.15, 0.2) is 12.6 Å². The van der Waals surface area contributed by atoms with Crippen LogP contribution in [0, 0.1) is 0 Å². The predicted octanol–water partition coefficient (Wildman–Crippen LogP) is 12.8. The van der Waals surface area contributed by atoms with E-state index in [4.69, 9.17) is 18.9 Å². The first-order valence-electron chi connectivity index (χ1n) is 33.1. The summed E-state index contributed by atoms with van der Waals surface area (Å²) in [5.74, 6) is -0.271. The van der Waals surface area contributed by atoms with Gasteiger partial charge in [-0.2, -0.15) is 0 Å². The predicted molar refractivity (Wildman–Crippen MR) is 341 cm³/mol. The molecule has 84 heavy (non-hydrogen) atoms. The molecule has 12 atom stereocenters. The highest BCUT2D eigenvalue weighted by atomic mass is 16.7. The first kappa shape index (κ1) is 76.7. The van der Waals surface area contributed by atoms with Crippen LogP contribution < -0.4 is 5.32 Å². The second-order valence-electron chi connectivity index (χ2n) is 22.9. The summed E-state index contributed by atoms with van der Waals surface area (Å²) in [5.41, 5.74) is 0. The van der Waals surface area contributed by atoms with Crippen molar-refractivity contribution in [2.45, 2.75) is 306 Å². The minimum absolute atomic E-state index is 0.244. The highest BCUT2D eigenvalue weighted by Gasteiger charge is 2.51.